The minimum atomic E-state index is -4.96. The van der Waals surface area contributed by atoms with E-state index in [4.69, 9.17) is 32.3 Å². The second-order valence-corrected chi connectivity index (χ2v) is 31.8. The van der Waals surface area contributed by atoms with Crippen LogP contribution in [0, 0.1) is 0 Å². The van der Waals surface area contributed by atoms with Gasteiger partial charge in [-0.3, -0.25) is 32.5 Å². The lowest BCUT2D eigenvalue weighted by atomic mass is 10.0. The fourth-order valence-corrected chi connectivity index (χ4v) is 13.1. The highest BCUT2D eigenvalue weighted by Gasteiger charge is 2.29. The zero-order valence-corrected chi connectivity index (χ0v) is 72.5. The van der Waals surface area contributed by atoms with Crippen molar-refractivity contribution in [3.8, 4) is 0 Å². The van der Waals surface area contributed by atoms with Gasteiger partial charge >= 0.3 is 33.6 Å². The second-order valence-electron chi connectivity index (χ2n) is 28.9. The zero-order chi connectivity index (χ0) is 82.2. The van der Waals surface area contributed by atoms with Crippen LogP contribution in [0.5, 0.6) is 0 Å². The van der Waals surface area contributed by atoms with Crippen LogP contribution in [-0.2, 0) is 55.8 Å². The van der Waals surface area contributed by atoms with Crippen LogP contribution in [0.4, 0.5) is 0 Å². The summed E-state index contributed by atoms with van der Waals surface area (Å²) in [6.07, 6.45) is 112. The monoisotopic (exact) mass is 1620 g/mol. The third-order valence-corrected chi connectivity index (χ3v) is 20.0. The molecule has 5 unspecified atom stereocenters. The molecule has 0 aliphatic rings. The summed E-state index contributed by atoms with van der Waals surface area (Å²) in [7, 11) is -9.83. The van der Waals surface area contributed by atoms with Crippen molar-refractivity contribution < 1.29 is 75.8 Å². The molecule has 0 amide bonds. The summed E-state index contributed by atoms with van der Waals surface area (Å²) in [4.78, 5) is 58.8. The van der Waals surface area contributed by atoms with E-state index in [1.165, 1.54) is 135 Å². The van der Waals surface area contributed by atoms with E-state index >= 15 is 0 Å². The molecule has 0 heterocycles. The summed E-state index contributed by atoms with van der Waals surface area (Å²) in [6.45, 7) is 2.36. The highest BCUT2D eigenvalue weighted by molar-refractivity contribution is 7.47. The molecular formula is C95H158O16P2. The number of carbonyl (C=O) groups is 3. The molecule has 0 bridgehead atoms. The molecule has 0 saturated heterocycles. The fraction of sp³-hybridized carbons (Fsp3) is 0.653. The van der Waals surface area contributed by atoms with Crippen molar-refractivity contribution in [3.05, 3.63) is 182 Å². The highest BCUT2D eigenvalue weighted by atomic mass is 31.2. The standard InChI is InChI=1S/C95H158O16P2/c1-4-7-10-13-16-19-22-25-28-31-33-35-37-39-40-41-42-43-44-45-46-47-48-50-52-53-55-58-60-63-66-69-72-75-78-81-93(98)105-84-90(96)85-107-112(101,102)108-86-91(97)87-109-113(103,104)110-89-92(111-95(100)83-80-77-74-71-68-65-62-57-30-27-24-21-18-15-12-9-6-3)88-106-94(99)82-79-76-73-70-67-64-61-59-56-54-51-49-38-36-34-32-29-26-23-20-17-14-11-8-5-2/h7,9-10,12,16-21,25-30,33-36,39-40,42-43,49,51,62,65,71,74,90-92,96-97H,4-6,8,11,13-15,22-24,31-32,37-38,41,44-48,50,52-61,63-64,66-70,72-73,75-89H2,1-3H3,(H,101,102)(H,103,104)/b10-7-,12-9-,19-16-,20-17-,21-18-,28-25-,29-26-,30-27-,35-33-,36-34-,40-39-,43-42-,51-49-,65-62-,74-71-. The lowest BCUT2D eigenvalue weighted by Crippen LogP contribution is -2.30. The van der Waals surface area contributed by atoms with Gasteiger partial charge in [0, 0.05) is 19.3 Å². The number of rotatable bonds is 82. The van der Waals surface area contributed by atoms with Crippen LogP contribution in [0.15, 0.2) is 182 Å². The maximum absolute atomic E-state index is 13.0. The minimum absolute atomic E-state index is 0.0199. The van der Waals surface area contributed by atoms with Crippen LogP contribution in [-0.4, -0.2) is 95.9 Å². The molecule has 0 aliphatic heterocycles. The van der Waals surface area contributed by atoms with Gasteiger partial charge < -0.3 is 34.2 Å². The van der Waals surface area contributed by atoms with Crippen molar-refractivity contribution in [1.29, 1.82) is 0 Å². The molecule has 5 atom stereocenters. The third kappa shape index (κ3) is 87.3. The number of hydrogen-bond donors (Lipinski definition) is 4. The number of esters is 3. The summed E-state index contributed by atoms with van der Waals surface area (Å²) in [5, 5.41) is 20.7. The molecule has 0 fully saturated rings. The van der Waals surface area contributed by atoms with Crippen LogP contribution < -0.4 is 0 Å². The Morgan fingerprint density at radius 2 is 0.478 bits per heavy atom. The normalized spacial score (nSPS) is 14.7. The first-order valence-electron chi connectivity index (χ1n) is 44.1. The Morgan fingerprint density at radius 1 is 0.257 bits per heavy atom. The fourth-order valence-electron chi connectivity index (χ4n) is 11.5. The number of hydrogen-bond acceptors (Lipinski definition) is 14. The van der Waals surface area contributed by atoms with Crippen LogP contribution >= 0.6 is 15.6 Å². The Bertz CT molecular complexity index is 2780. The van der Waals surface area contributed by atoms with Crippen molar-refractivity contribution in [2.24, 2.45) is 0 Å². The Balaban J connectivity index is 4.52. The van der Waals surface area contributed by atoms with E-state index in [-0.39, 0.29) is 19.3 Å². The molecule has 0 spiro atoms. The summed E-state index contributed by atoms with van der Waals surface area (Å²) >= 11 is 0. The summed E-state index contributed by atoms with van der Waals surface area (Å²) < 4.78 is 61.3. The average Bonchev–Trinajstić information content (AvgIpc) is 0.886. The molecule has 0 aromatic carbocycles. The maximum Gasteiger partial charge on any atom is 0.472 e. The quantitative estimate of drug-likeness (QED) is 0.0146. The van der Waals surface area contributed by atoms with Gasteiger partial charge in [-0.05, 0) is 154 Å². The van der Waals surface area contributed by atoms with Crippen molar-refractivity contribution in [2.75, 3.05) is 39.6 Å². The van der Waals surface area contributed by atoms with E-state index in [0.717, 1.165) is 141 Å². The first-order valence-corrected chi connectivity index (χ1v) is 47.1. The van der Waals surface area contributed by atoms with Gasteiger partial charge in [-0.1, -0.05) is 351 Å². The Kier molecular flexibility index (Phi) is 81.9. The van der Waals surface area contributed by atoms with E-state index in [9.17, 15) is 43.5 Å². The Morgan fingerprint density at radius 3 is 0.770 bits per heavy atom. The molecule has 0 saturated carbocycles. The molecule has 0 aliphatic carbocycles. The van der Waals surface area contributed by atoms with E-state index < -0.39 is 91.5 Å². The van der Waals surface area contributed by atoms with E-state index in [1.807, 2.05) is 12.2 Å². The van der Waals surface area contributed by atoms with Crippen LogP contribution in [0.2, 0.25) is 0 Å². The number of unbranched alkanes of at least 4 members (excludes halogenated alkanes) is 29. The predicted molar refractivity (Wildman–Crippen MR) is 472 cm³/mol. The van der Waals surface area contributed by atoms with Gasteiger partial charge in [0.1, 0.15) is 25.4 Å². The lowest BCUT2D eigenvalue weighted by molar-refractivity contribution is -0.161. The number of phosphoric ester groups is 2. The van der Waals surface area contributed by atoms with Gasteiger partial charge in [0.15, 0.2) is 6.10 Å². The molecule has 644 valence electrons. The Labute approximate surface area is 687 Å². The van der Waals surface area contributed by atoms with E-state index in [1.54, 1.807) is 0 Å². The van der Waals surface area contributed by atoms with E-state index in [0.29, 0.717) is 25.7 Å². The highest BCUT2D eigenvalue weighted by Crippen LogP contribution is 2.45. The number of allylic oxidation sites excluding steroid dienone is 30. The molecule has 0 radical (unpaired) electrons. The van der Waals surface area contributed by atoms with Crippen LogP contribution in [0.1, 0.15) is 342 Å². The molecule has 113 heavy (non-hydrogen) atoms. The summed E-state index contributed by atoms with van der Waals surface area (Å²) in [5.74, 6) is -1.65. The molecule has 18 heteroatoms. The first-order chi connectivity index (χ1) is 55.2. The van der Waals surface area contributed by atoms with Gasteiger partial charge in [0.2, 0.25) is 0 Å². The van der Waals surface area contributed by atoms with Gasteiger partial charge in [0.25, 0.3) is 0 Å². The van der Waals surface area contributed by atoms with Crippen LogP contribution in [0.3, 0.4) is 0 Å². The molecule has 0 rings (SSSR count). The SMILES string of the molecule is CC/C=C\C/C=C\C/C=C\C/C=C\C/C=C\C/C=C\CCCCCCCCCCCCCCCCCCC(=O)OCC(O)COP(=O)(O)OCC(O)COP(=O)(O)OCC(COC(=O)CCCCCCCCCCC/C=C\C/C=C\C/C=C\C/C=C\CCCCC)OC(=O)CCC/C=C\C/C=C\C/C=C\C/C=C\C/C=C\CC. The smallest absolute Gasteiger partial charge is 0.463 e. The van der Waals surface area contributed by atoms with Gasteiger partial charge in [-0.25, -0.2) is 9.13 Å². The first kappa shape index (κ1) is 108. The molecular weight excluding hydrogens is 1460 g/mol. The van der Waals surface area contributed by atoms with E-state index in [2.05, 4.69) is 191 Å². The predicted octanol–water partition coefficient (Wildman–Crippen LogP) is 26.9. The van der Waals surface area contributed by atoms with Gasteiger partial charge in [-0.15, -0.1) is 0 Å². The molecule has 4 N–H and O–H groups in total. The number of aliphatic hydroxyl groups is 2. The Hall–Kier alpha value is -5.35. The average molecular weight is 1620 g/mol. The third-order valence-electron chi connectivity index (χ3n) is 18.1. The van der Waals surface area contributed by atoms with Crippen molar-refractivity contribution in [2.45, 2.75) is 360 Å². The van der Waals surface area contributed by atoms with Crippen LogP contribution in [0.25, 0.3) is 0 Å². The summed E-state index contributed by atoms with van der Waals surface area (Å²) in [5.41, 5.74) is 0. The molecule has 0 aromatic heterocycles. The molecule has 0 aromatic rings. The number of phosphoric acid groups is 2. The zero-order valence-electron chi connectivity index (χ0n) is 70.7. The maximum atomic E-state index is 13.0. The number of carbonyl (C=O) groups excluding carboxylic acids is 3. The minimum Gasteiger partial charge on any atom is -0.463 e. The van der Waals surface area contributed by atoms with Gasteiger partial charge in [-0.2, -0.15) is 0 Å². The lowest BCUT2D eigenvalue weighted by Gasteiger charge is -2.21. The largest absolute Gasteiger partial charge is 0.472 e. The van der Waals surface area contributed by atoms with Gasteiger partial charge in [0.05, 0.1) is 26.4 Å². The van der Waals surface area contributed by atoms with Crippen molar-refractivity contribution >= 4 is 33.6 Å². The van der Waals surface area contributed by atoms with Crippen molar-refractivity contribution in [3.63, 3.8) is 0 Å². The number of aliphatic hydroxyl groups excluding tert-OH is 2. The summed E-state index contributed by atoms with van der Waals surface area (Å²) in [6, 6.07) is 0. The van der Waals surface area contributed by atoms with Crippen molar-refractivity contribution in [1.82, 2.24) is 0 Å². The number of ether oxygens (including phenoxy) is 3. The molecule has 16 nitrogen and oxygen atoms in total. The topological polar surface area (TPSA) is 231 Å². The second kappa shape index (κ2) is 86.0.